The lowest BCUT2D eigenvalue weighted by atomic mass is 10.1. The fourth-order valence-corrected chi connectivity index (χ4v) is 3.01. The topological polar surface area (TPSA) is 71.3 Å². The molecule has 0 saturated carbocycles. The molecule has 0 spiro atoms. The van der Waals surface area contributed by atoms with Crippen molar-refractivity contribution in [2.75, 3.05) is 11.9 Å². The maximum absolute atomic E-state index is 12.3. The first kappa shape index (κ1) is 17.7. The molecule has 2 aromatic carbocycles. The quantitative estimate of drug-likeness (QED) is 0.589. The largest absolute Gasteiger partial charge is 0.451 e. The predicted molar refractivity (Wildman–Crippen MR) is 104 cm³/mol. The number of anilines is 1. The van der Waals surface area contributed by atoms with Crippen LogP contribution in [0.15, 0.2) is 55.8 Å². The Bertz CT molecular complexity index is 949. The molecule has 0 aliphatic carbocycles. The van der Waals surface area contributed by atoms with E-state index >= 15 is 0 Å². The highest BCUT2D eigenvalue weighted by Crippen LogP contribution is 2.27. The highest BCUT2D eigenvalue weighted by molar-refractivity contribution is 9.10. The summed E-state index contributed by atoms with van der Waals surface area (Å²) >= 11 is 6.73. The summed E-state index contributed by atoms with van der Waals surface area (Å²) in [5.41, 5.74) is 2.03. The van der Waals surface area contributed by atoms with Crippen LogP contribution in [0.25, 0.3) is 11.0 Å². The highest BCUT2D eigenvalue weighted by atomic mass is 79.9. The van der Waals surface area contributed by atoms with Gasteiger partial charge < -0.3 is 15.1 Å². The predicted octanol–water partition coefficient (Wildman–Crippen LogP) is 4.63. The van der Waals surface area contributed by atoms with E-state index in [0.29, 0.717) is 11.3 Å². The van der Waals surface area contributed by atoms with Crippen LogP contribution in [0.3, 0.4) is 0 Å². The van der Waals surface area contributed by atoms with Crippen molar-refractivity contribution in [2.45, 2.75) is 6.92 Å². The summed E-state index contributed by atoms with van der Waals surface area (Å²) in [4.78, 5) is 24.3. The van der Waals surface area contributed by atoms with Gasteiger partial charge in [0.25, 0.3) is 5.91 Å². The molecule has 3 aromatic rings. The van der Waals surface area contributed by atoms with Gasteiger partial charge in [0.05, 0.1) is 6.54 Å². The van der Waals surface area contributed by atoms with E-state index in [1.54, 1.807) is 18.2 Å². The third-order valence-electron chi connectivity index (χ3n) is 3.64. The molecule has 0 atom stereocenters. The zero-order valence-electron chi connectivity index (χ0n) is 13.2. The molecule has 2 amide bonds. The van der Waals surface area contributed by atoms with E-state index in [0.717, 1.165) is 19.9 Å². The Labute approximate surface area is 161 Å². The third-order valence-corrected chi connectivity index (χ3v) is 4.66. The van der Waals surface area contributed by atoms with Crippen LogP contribution in [0.5, 0.6) is 0 Å². The normalized spacial score (nSPS) is 10.7. The average molecular weight is 466 g/mol. The molecular weight excluding hydrogens is 452 g/mol. The lowest BCUT2D eigenvalue weighted by Crippen LogP contribution is -2.32. The number of furan rings is 1. The van der Waals surface area contributed by atoms with Crippen molar-refractivity contribution < 1.29 is 14.0 Å². The second kappa shape index (κ2) is 7.41. The second-order valence-corrected chi connectivity index (χ2v) is 7.27. The van der Waals surface area contributed by atoms with Gasteiger partial charge in [-0.15, -0.1) is 0 Å². The van der Waals surface area contributed by atoms with Crippen LogP contribution >= 0.6 is 31.9 Å². The third kappa shape index (κ3) is 4.11. The average Bonchev–Trinajstić information content (AvgIpc) is 2.91. The first-order chi connectivity index (χ1) is 11.9. The molecule has 1 aromatic heterocycles. The summed E-state index contributed by atoms with van der Waals surface area (Å²) in [6.45, 7) is 1.67. The Morgan fingerprint density at radius 3 is 2.44 bits per heavy atom. The molecule has 0 saturated heterocycles. The molecule has 0 bridgehead atoms. The molecule has 0 aliphatic rings. The van der Waals surface area contributed by atoms with Crippen molar-refractivity contribution in [2.24, 2.45) is 0 Å². The van der Waals surface area contributed by atoms with Gasteiger partial charge in [0.15, 0.2) is 5.76 Å². The smallest absolute Gasteiger partial charge is 0.287 e. The molecule has 2 N–H and O–H groups in total. The van der Waals surface area contributed by atoms with E-state index < -0.39 is 5.91 Å². The Morgan fingerprint density at radius 1 is 1.04 bits per heavy atom. The lowest BCUT2D eigenvalue weighted by Gasteiger charge is -2.06. The maximum Gasteiger partial charge on any atom is 0.287 e. The standard InChI is InChI=1S/C18H14Br2N2O3/c1-10-14-8-12(20)4-7-15(14)25-17(10)18(24)21-9-16(23)22-13-5-2-11(19)3-6-13/h2-8H,9H2,1H3,(H,21,24)(H,22,23). The van der Waals surface area contributed by atoms with Crippen LogP contribution < -0.4 is 10.6 Å². The van der Waals surface area contributed by atoms with Gasteiger partial charge in [-0.1, -0.05) is 31.9 Å². The van der Waals surface area contributed by atoms with Gasteiger partial charge in [0.2, 0.25) is 5.91 Å². The van der Waals surface area contributed by atoms with Crippen LogP contribution in [-0.2, 0) is 4.79 Å². The number of carbonyl (C=O) groups is 2. The summed E-state index contributed by atoms with van der Waals surface area (Å²) in [7, 11) is 0. The minimum absolute atomic E-state index is 0.144. The molecule has 0 radical (unpaired) electrons. The number of carbonyl (C=O) groups excluding carboxylic acids is 2. The SMILES string of the molecule is Cc1c(C(=O)NCC(=O)Nc2ccc(Br)cc2)oc2ccc(Br)cc12. The van der Waals surface area contributed by atoms with E-state index in [9.17, 15) is 9.59 Å². The van der Waals surface area contributed by atoms with Gasteiger partial charge in [-0.05, 0) is 49.4 Å². The van der Waals surface area contributed by atoms with E-state index in [-0.39, 0.29) is 18.2 Å². The molecular formula is C18H14Br2N2O3. The molecule has 0 aliphatic heterocycles. The fourth-order valence-electron chi connectivity index (χ4n) is 2.39. The monoisotopic (exact) mass is 464 g/mol. The highest BCUT2D eigenvalue weighted by Gasteiger charge is 2.18. The van der Waals surface area contributed by atoms with Gasteiger partial charge in [-0.25, -0.2) is 0 Å². The second-order valence-electron chi connectivity index (χ2n) is 5.43. The van der Waals surface area contributed by atoms with Crippen molar-refractivity contribution in [3.63, 3.8) is 0 Å². The van der Waals surface area contributed by atoms with Crippen molar-refractivity contribution in [1.29, 1.82) is 0 Å². The number of hydrogen-bond donors (Lipinski definition) is 2. The first-order valence-electron chi connectivity index (χ1n) is 7.46. The Kier molecular flexibility index (Phi) is 5.24. The van der Waals surface area contributed by atoms with Gasteiger partial charge in [0.1, 0.15) is 5.58 Å². The zero-order valence-corrected chi connectivity index (χ0v) is 16.4. The zero-order chi connectivity index (χ0) is 18.0. The molecule has 0 fully saturated rings. The summed E-state index contributed by atoms with van der Waals surface area (Å²) < 4.78 is 7.44. The van der Waals surface area contributed by atoms with Crippen LogP contribution in [0.4, 0.5) is 5.69 Å². The Morgan fingerprint density at radius 2 is 1.72 bits per heavy atom. The van der Waals surface area contributed by atoms with E-state index in [1.807, 2.05) is 31.2 Å². The molecule has 3 rings (SSSR count). The van der Waals surface area contributed by atoms with Crippen LogP contribution in [-0.4, -0.2) is 18.4 Å². The van der Waals surface area contributed by atoms with E-state index in [4.69, 9.17) is 4.42 Å². The number of hydrogen-bond acceptors (Lipinski definition) is 3. The minimum Gasteiger partial charge on any atom is -0.451 e. The van der Waals surface area contributed by atoms with Crippen LogP contribution in [0, 0.1) is 6.92 Å². The van der Waals surface area contributed by atoms with Crippen molar-refractivity contribution in [3.05, 3.63) is 62.7 Å². The number of fused-ring (bicyclic) bond motifs is 1. The fraction of sp³-hybridized carbons (Fsp3) is 0.111. The van der Waals surface area contributed by atoms with E-state index in [1.165, 1.54) is 0 Å². The summed E-state index contributed by atoms with van der Waals surface area (Å²) in [5, 5.41) is 6.15. The number of nitrogens with one attached hydrogen (secondary N) is 2. The molecule has 128 valence electrons. The number of benzene rings is 2. The minimum atomic E-state index is -0.421. The van der Waals surface area contributed by atoms with Gasteiger partial charge in [-0.2, -0.15) is 0 Å². The van der Waals surface area contributed by atoms with Gasteiger partial charge in [0, 0.05) is 25.6 Å². The maximum atomic E-state index is 12.3. The van der Waals surface area contributed by atoms with Crippen molar-refractivity contribution in [3.8, 4) is 0 Å². The Balaban J connectivity index is 1.65. The molecule has 7 heteroatoms. The first-order valence-corrected chi connectivity index (χ1v) is 9.05. The molecule has 5 nitrogen and oxygen atoms in total. The lowest BCUT2D eigenvalue weighted by molar-refractivity contribution is -0.115. The molecule has 0 unspecified atom stereocenters. The number of rotatable bonds is 4. The molecule has 1 heterocycles. The van der Waals surface area contributed by atoms with Gasteiger partial charge >= 0.3 is 0 Å². The Hall–Kier alpha value is -2.12. The molecule has 25 heavy (non-hydrogen) atoms. The van der Waals surface area contributed by atoms with E-state index in [2.05, 4.69) is 42.5 Å². The van der Waals surface area contributed by atoms with Gasteiger partial charge in [-0.3, -0.25) is 9.59 Å². The number of halogens is 2. The summed E-state index contributed by atoms with van der Waals surface area (Å²) in [6.07, 6.45) is 0. The van der Waals surface area contributed by atoms with Crippen LogP contribution in [0.2, 0.25) is 0 Å². The number of aryl methyl sites for hydroxylation is 1. The van der Waals surface area contributed by atoms with Crippen LogP contribution in [0.1, 0.15) is 16.1 Å². The number of amides is 2. The van der Waals surface area contributed by atoms with Crippen molar-refractivity contribution in [1.82, 2.24) is 5.32 Å². The summed E-state index contributed by atoms with van der Waals surface area (Å²) in [6, 6.07) is 12.7. The van der Waals surface area contributed by atoms with Crippen molar-refractivity contribution >= 4 is 60.3 Å². The summed E-state index contributed by atoms with van der Waals surface area (Å²) in [5.74, 6) is -0.521.